The molecule has 0 amide bonds. The molecular formula is C17H21NO5. The minimum atomic E-state index is -1.43. The normalized spacial score (nSPS) is 21.1. The molecule has 1 aromatic carbocycles. The number of methoxy groups -OCH3 is 1. The van der Waals surface area contributed by atoms with Crippen molar-refractivity contribution in [3.05, 3.63) is 35.9 Å². The van der Waals surface area contributed by atoms with Gasteiger partial charge in [0.1, 0.15) is 0 Å². The van der Waals surface area contributed by atoms with Gasteiger partial charge in [0.2, 0.25) is 0 Å². The predicted octanol–water partition coefficient (Wildman–Crippen LogP) is 2.45. The summed E-state index contributed by atoms with van der Waals surface area (Å²) in [6.45, 7) is 3.25. The first-order valence-electron chi connectivity index (χ1n) is 7.59. The molecule has 2 rings (SSSR count). The van der Waals surface area contributed by atoms with Crippen molar-refractivity contribution < 1.29 is 23.9 Å². The number of hydrogen-bond acceptors (Lipinski definition) is 6. The molecule has 0 saturated heterocycles. The first-order valence-corrected chi connectivity index (χ1v) is 7.59. The Bertz CT molecular complexity index is 598. The summed E-state index contributed by atoms with van der Waals surface area (Å²) in [5.41, 5.74) is 0.0577. The zero-order valence-electron chi connectivity index (χ0n) is 13.6. The highest BCUT2D eigenvalue weighted by Gasteiger charge is 2.55. The first kappa shape index (κ1) is 17.0. The Morgan fingerprint density at radius 2 is 2.04 bits per heavy atom. The molecule has 0 radical (unpaired) electrons. The summed E-state index contributed by atoms with van der Waals surface area (Å²) < 4.78 is 10.2. The topological polar surface area (TPSA) is 74.2 Å². The highest BCUT2D eigenvalue weighted by molar-refractivity contribution is 6.05. The predicted molar refractivity (Wildman–Crippen MR) is 83.9 cm³/mol. The molecule has 1 aromatic rings. The van der Waals surface area contributed by atoms with Crippen LogP contribution in [0.5, 0.6) is 0 Å². The maximum absolute atomic E-state index is 12.4. The minimum Gasteiger partial charge on any atom is -0.466 e. The molecule has 6 heteroatoms. The Morgan fingerprint density at radius 3 is 2.61 bits per heavy atom. The second-order valence-electron chi connectivity index (χ2n) is 5.44. The van der Waals surface area contributed by atoms with E-state index in [0.717, 1.165) is 12.0 Å². The molecule has 1 heterocycles. The van der Waals surface area contributed by atoms with E-state index in [4.69, 9.17) is 14.3 Å². The van der Waals surface area contributed by atoms with Crippen molar-refractivity contribution >= 4 is 17.7 Å². The van der Waals surface area contributed by atoms with E-state index in [9.17, 15) is 9.59 Å². The minimum absolute atomic E-state index is 0.196. The molecule has 1 aliphatic rings. The fraction of sp³-hybridized carbons (Fsp3) is 0.471. The van der Waals surface area contributed by atoms with E-state index in [2.05, 4.69) is 5.16 Å². The Balaban J connectivity index is 2.32. The van der Waals surface area contributed by atoms with Crippen LogP contribution in [0.2, 0.25) is 0 Å². The zero-order chi connectivity index (χ0) is 16.9. The van der Waals surface area contributed by atoms with E-state index < -0.39 is 23.6 Å². The van der Waals surface area contributed by atoms with Crippen LogP contribution in [0, 0.1) is 0 Å². The van der Waals surface area contributed by atoms with Crippen LogP contribution < -0.4 is 0 Å². The van der Waals surface area contributed by atoms with Crippen LogP contribution in [0.1, 0.15) is 38.7 Å². The van der Waals surface area contributed by atoms with Crippen molar-refractivity contribution in [1.29, 1.82) is 0 Å². The van der Waals surface area contributed by atoms with Gasteiger partial charge in [-0.2, -0.15) is 0 Å². The third-order valence-corrected chi connectivity index (χ3v) is 3.77. The summed E-state index contributed by atoms with van der Waals surface area (Å²) in [7, 11) is 1.28. The molecular weight excluding hydrogens is 298 g/mol. The number of nitrogens with zero attached hydrogens (tertiary/aromatic N) is 1. The number of ether oxygens (including phenoxy) is 2. The van der Waals surface area contributed by atoms with Crippen LogP contribution in [0.4, 0.5) is 0 Å². The fourth-order valence-electron chi connectivity index (χ4n) is 2.67. The molecule has 0 spiro atoms. The van der Waals surface area contributed by atoms with Gasteiger partial charge in [0.25, 0.3) is 5.60 Å². The smallest absolute Gasteiger partial charge is 0.357 e. The van der Waals surface area contributed by atoms with Crippen LogP contribution in [0.3, 0.4) is 0 Å². The van der Waals surface area contributed by atoms with E-state index in [1.165, 1.54) is 14.0 Å². The Morgan fingerprint density at radius 1 is 1.35 bits per heavy atom. The second-order valence-corrected chi connectivity index (χ2v) is 5.44. The van der Waals surface area contributed by atoms with Crippen LogP contribution in [0.25, 0.3) is 0 Å². The lowest BCUT2D eigenvalue weighted by molar-refractivity contribution is -0.191. The number of benzene rings is 1. The summed E-state index contributed by atoms with van der Waals surface area (Å²) in [4.78, 5) is 29.3. The largest absolute Gasteiger partial charge is 0.466 e. The van der Waals surface area contributed by atoms with Crippen molar-refractivity contribution in [2.45, 2.75) is 44.8 Å². The van der Waals surface area contributed by atoms with Gasteiger partial charge < -0.3 is 14.3 Å². The Hall–Kier alpha value is -2.37. The molecule has 6 nitrogen and oxygen atoms in total. The van der Waals surface area contributed by atoms with Gasteiger partial charge in [0, 0.05) is 6.92 Å². The van der Waals surface area contributed by atoms with Gasteiger partial charge in [-0.15, -0.1) is 0 Å². The fourth-order valence-corrected chi connectivity index (χ4v) is 2.67. The van der Waals surface area contributed by atoms with E-state index in [0.29, 0.717) is 12.1 Å². The lowest BCUT2D eigenvalue weighted by atomic mass is 9.86. The van der Waals surface area contributed by atoms with Gasteiger partial charge in [0.15, 0.2) is 6.10 Å². The van der Waals surface area contributed by atoms with Crippen LogP contribution >= 0.6 is 0 Å². The average Bonchev–Trinajstić information content (AvgIpc) is 3.00. The van der Waals surface area contributed by atoms with Crippen LogP contribution in [-0.2, 0) is 23.9 Å². The van der Waals surface area contributed by atoms with Gasteiger partial charge in [0.05, 0.1) is 19.2 Å². The van der Waals surface area contributed by atoms with E-state index in [1.54, 1.807) is 0 Å². The molecule has 0 fully saturated rings. The van der Waals surface area contributed by atoms with Crippen molar-refractivity contribution in [3.63, 3.8) is 0 Å². The summed E-state index contributed by atoms with van der Waals surface area (Å²) in [5.74, 6) is -1.06. The Labute approximate surface area is 135 Å². The van der Waals surface area contributed by atoms with E-state index >= 15 is 0 Å². The number of esters is 2. The van der Waals surface area contributed by atoms with Crippen molar-refractivity contribution in [2.75, 3.05) is 7.11 Å². The van der Waals surface area contributed by atoms with Crippen molar-refractivity contribution in [3.8, 4) is 0 Å². The molecule has 0 saturated carbocycles. The molecule has 2 atom stereocenters. The van der Waals surface area contributed by atoms with Crippen LogP contribution in [-0.4, -0.2) is 36.5 Å². The number of rotatable bonds is 6. The second kappa shape index (κ2) is 7.26. The quantitative estimate of drug-likeness (QED) is 0.753. The number of oxime groups is 1. The average molecular weight is 319 g/mol. The highest BCUT2D eigenvalue weighted by atomic mass is 16.7. The van der Waals surface area contributed by atoms with E-state index in [-0.39, 0.29) is 6.42 Å². The molecule has 23 heavy (non-hydrogen) atoms. The summed E-state index contributed by atoms with van der Waals surface area (Å²) in [5, 5.41) is 4.06. The number of carbonyl (C=O) groups excluding carboxylic acids is 2. The maximum atomic E-state index is 12.4. The third-order valence-electron chi connectivity index (χ3n) is 3.77. The standard InChI is InChI=1S/C17H21NO5/c1-4-8-15(22-12(2)19)17(16(20)21-3)11-14(18-23-17)13-9-6-5-7-10-13/h5-7,9-10,15H,4,8,11H2,1-3H3/t15-,17-/m1/s1. The molecule has 124 valence electrons. The van der Waals surface area contributed by atoms with Crippen molar-refractivity contribution in [1.82, 2.24) is 0 Å². The summed E-state index contributed by atoms with van der Waals surface area (Å²) in [6, 6.07) is 9.43. The van der Waals surface area contributed by atoms with Gasteiger partial charge >= 0.3 is 11.9 Å². The maximum Gasteiger partial charge on any atom is 0.357 e. The van der Waals surface area contributed by atoms with Gasteiger partial charge in [-0.3, -0.25) is 4.79 Å². The molecule has 0 bridgehead atoms. The molecule has 0 N–H and O–H groups in total. The molecule has 0 aromatic heterocycles. The molecule has 1 aliphatic heterocycles. The summed E-state index contributed by atoms with van der Waals surface area (Å²) in [6.07, 6.45) is 0.650. The monoisotopic (exact) mass is 319 g/mol. The van der Waals surface area contributed by atoms with Gasteiger partial charge in [-0.1, -0.05) is 48.8 Å². The van der Waals surface area contributed by atoms with E-state index in [1.807, 2.05) is 37.3 Å². The Kier molecular flexibility index (Phi) is 5.36. The number of hydrogen-bond donors (Lipinski definition) is 0. The molecule has 0 aliphatic carbocycles. The highest BCUT2D eigenvalue weighted by Crippen LogP contribution is 2.35. The number of carbonyl (C=O) groups is 2. The van der Waals surface area contributed by atoms with Gasteiger partial charge in [-0.05, 0) is 12.0 Å². The lowest BCUT2D eigenvalue weighted by Crippen LogP contribution is -2.52. The lowest BCUT2D eigenvalue weighted by Gasteiger charge is -2.31. The third kappa shape index (κ3) is 3.52. The first-order chi connectivity index (χ1) is 11.0. The zero-order valence-corrected chi connectivity index (χ0v) is 13.6. The van der Waals surface area contributed by atoms with Gasteiger partial charge in [-0.25, -0.2) is 4.79 Å². The molecule has 0 unspecified atom stereocenters. The summed E-state index contributed by atoms with van der Waals surface area (Å²) >= 11 is 0. The van der Waals surface area contributed by atoms with Crippen LogP contribution in [0.15, 0.2) is 35.5 Å². The van der Waals surface area contributed by atoms with Crippen molar-refractivity contribution in [2.24, 2.45) is 5.16 Å². The SMILES string of the molecule is CCC[C@@H](OC(C)=O)[C@@]1(C(=O)OC)CC(c2ccccc2)=NO1.